The van der Waals surface area contributed by atoms with Gasteiger partial charge < -0.3 is 26.1 Å². The molecule has 1 heterocycles. The molecule has 3 rings (SSSR count). The second-order valence-corrected chi connectivity index (χ2v) is 6.84. The molecule has 5 N–H and O–H groups in total. The number of carbonyl (C=O) groups excluding carboxylic acids is 2. The summed E-state index contributed by atoms with van der Waals surface area (Å²) in [7, 11) is 1.72. The molecule has 1 aromatic heterocycles. The summed E-state index contributed by atoms with van der Waals surface area (Å²) in [5.74, 6) is -1.08. The molecule has 0 saturated heterocycles. The van der Waals surface area contributed by atoms with Crippen LogP contribution in [-0.4, -0.2) is 36.1 Å². The number of nitrogens with two attached hydrogens (primary N) is 1. The highest BCUT2D eigenvalue weighted by Gasteiger charge is 2.23. The average Bonchev–Trinajstić information content (AvgIpc) is 2.69. The van der Waals surface area contributed by atoms with E-state index in [-0.39, 0.29) is 17.7 Å². The highest BCUT2D eigenvalue weighted by molar-refractivity contribution is 6.08. The van der Waals surface area contributed by atoms with Crippen LogP contribution in [0.4, 0.5) is 11.4 Å². The van der Waals surface area contributed by atoms with E-state index in [1.54, 1.807) is 25.3 Å². The fourth-order valence-corrected chi connectivity index (χ4v) is 3.40. The Hall–Kier alpha value is -3.13. The van der Waals surface area contributed by atoms with Gasteiger partial charge in [0.1, 0.15) is 5.56 Å². The van der Waals surface area contributed by atoms with Crippen LogP contribution in [0.15, 0.2) is 41.3 Å². The Balaban J connectivity index is 1.75. The van der Waals surface area contributed by atoms with E-state index < -0.39 is 17.4 Å². The van der Waals surface area contributed by atoms with E-state index >= 15 is 0 Å². The van der Waals surface area contributed by atoms with E-state index in [1.165, 1.54) is 18.3 Å². The molecule has 1 aromatic carbocycles. The molecule has 2 amide bonds. The van der Waals surface area contributed by atoms with Crippen LogP contribution < -0.4 is 21.9 Å². The number of ether oxygens (including phenoxy) is 1. The zero-order valence-electron chi connectivity index (χ0n) is 15.7. The number of nitrogens with one attached hydrogen (secondary N) is 3. The fraction of sp³-hybridized carbons (Fsp3) is 0.350. The van der Waals surface area contributed by atoms with Crippen LogP contribution in [0.1, 0.15) is 46.4 Å². The molecule has 8 nitrogen and oxygen atoms in total. The Kier molecular flexibility index (Phi) is 6.10. The molecule has 1 saturated carbocycles. The van der Waals surface area contributed by atoms with Crippen molar-refractivity contribution >= 4 is 23.2 Å². The highest BCUT2D eigenvalue weighted by atomic mass is 16.5. The van der Waals surface area contributed by atoms with Gasteiger partial charge in [-0.15, -0.1) is 0 Å². The first-order valence-corrected chi connectivity index (χ1v) is 9.20. The molecule has 0 bridgehead atoms. The number of H-pyrrole nitrogens is 1. The molecule has 2 aromatic rings. The largest absolute Gasteiger partial charge is 0.381 e. The van der Waals surface area contributed by atoms with E-state index in [2.05, 4.69) is 15.6 Å². The van der Waals surface area contributed by atoms with Gasteiger partial charge >= 0.3 is 0 Å². The Bertz CT molecular complexity index is 899. The van der Waals surface area contributed by atoms with E-state index in [4.69, 9.17) is 10.5 Å². The zero-order valence-corrected chi connectivity index (χ0v) is 15.7. The Morgan fingerprint density at radius 1 is 1.11 bits per heavy atom. The third kappa shape index (κ3) is 4.58. The van der Waals surface area contributed by atoms with Gasteiger partial charge in [-0.3, -0.25) is 14.4 Å². The number of hydrogen-bond donors (Lipinski definition) is 4. The van der Waals surface area contributed by atoms with Crippen LogP contribution >= 0.6 is 0 Å². The van der Waals surface area contributed by atoms with E-state index in [0.717, 1.165) is 25.7 Å². The number of amides is 2. The smallest absolute Gasteiger partial charge is 0.263 e. The maximum Gasteiger partial charge on any atom is 0.263 e. The molecule has 0 radical (unpaired) electrons. The number of pyridine rings is 1. The lowest BCUT2D eigenvalue weighted by atomic mass is 9.92. The van der Waals surface area contributed by atoms with Crippen molar-refractivity contribution in [2.45, 2.75) is 37.8 Å². The van der Waals surface area contributed by atoms with Crippen molar-refractivity contribution < 1.29 is 14.3 Å². The monoisotopic (exact) mass is 384 g/mol. The first-order valence-electron chi connectivity index (χ1n) is 9.20. The van der Waals surface area contributed by atoms with Crippen molar-refractivity contribution in [2.75, 3.05) is 17.7 Å². The van der Waals surface area contributed by atoms with Gasteiger partial charge in [0, 0.05) is 30.6 Å². The molecule has 0 atom stereocenters. The normalized spacial score (nSPS) is 19.0. The molecule has 8 heteroatoms. The van der Waals surface area contributed by atoms with Crippen molar-refractivity contribution in [3.8, 4) is 0 Å². The second kappa shape index (κ2) is 8.71. The number of primary amides is 1. The third-order valence-electron chi connectivity index (χ3n) is 4.98. The predicted molar refractivity (Wildman–Crippen MR) is 107 cm³/mol. The number of hydrogen-bond acceptors (Lipinski definition) is 5. The molecule has 1 aliphatic carbocycles. The molecular weight excluding hydrogens is 360 g/mol. The minimum atomic E-state index is -0.549. The van der Waals surface area contributed by atoms with Gasteiger partial charge in [-0.1, -0.05) is 0 Å². The first-order chi connectivity index (χ1) is 13.5. The number of benzene rings is 1. The molecule has 28 heavy (non-hydrogen) atoms. The Labute approximate surface area is 162 Å². The number of carbonyl (C=O) groups is 2. The van der Waals surface area contributed by atoms with Crippen molar-refractivity contribution in [3.63, 3.8) is 0 Å². The summed E-state index contributed by atoms with van der Waals surface area (Å²) >= 11 is 0. The molecule has 0 spiro atoms. The molecule has 148 valence electrons. The molecule has 1 fully saturated rings. The summed E-state index contributed by atoms with van der Waals surface area (Å²) < 4.78 is 5.38. The lowest BCUT2D eigenvalue weighted by Crippen LogP contribution is -2.32. The fourth-order valence-electron chi connectivity index (χ4n) is 3.40. The van der Waals surface area contributed by atoms with Crippen molar-refractivity contribution in [2.24, 2.45) is 5.73 Å². The number of aromatic nitrogens is 1. The summed E-state index contributed by atoms with van der Waals surface area (Å²) in [5.41, 5.74) is 6.06. The summed E-state index contributed by atoms with van der Waals surface area (Å²) in [6.07, 6.45) is 5.46. The van der Waals surface area contributed by atoms with Gasteiger partial charge in [-0.05, 0) is 56.0 Å². The number of rotatable bonds is 6. The van der Waals surface area contributed by atoms with Gasteiger partial charge in [0.25, 0.3) is 11.5 Å². The lowest BCUT2D eigenvalue weighted by Gasteiger charge is -2.29. The summed E-state index contributed by atoms with van der Waals surface area (Å²) in [6.45, 7) is 0. The van der Waals surface area contributed by atoms with Gasteiger partial charge in [-0.2, -0.15) is 0 Å². The van der Waals surface area contributed by atoms with E-state index in [1.807, 2.05) is 0 Å². The predicted octanol–water partition coefficient (Wildman–Crippen LogP) is 2.10. The number of anilines is 2. The molecule has 1 aliphatic rings. The average molecular weight is 384 g/mol. The van der Waals surface area contributed by atoms with Crippen LogP contribution in [-0.2, 0) is 4.74 Å². The van der Waals surface area contributed by atoms with Crippen molar-refractivity contribution in [1.82, 2.24) is 4.98 Å². The van der Waals surface area contributed by atoms with E-state index in [0.29, 0.717) is 16.9 Å². The molecule has 0 aliphatic heterocycles. The Morgan fingerprint density at radius 2 is 1.79 bits per heavy atom. The minimum Gasteiger partial charge on any atom is -0.381 e. The summed E-state index contributed by atoms with van der Waals surface area (Å²) in [6, 6.07) is 8.02. The number of aromatic amines is 1. The standard InChI is InChI=1S/C20H24N4O4/c1-28-15-8-6-13(7-9-15)23-16-10-11-22-19(26)17(16)20(27)24-14-4-2-12(3-5-14)18(21)25/h2-5,10-11,13,15H,6-9H2,1H3,(H2,21,25)(H,24,27)(H2,22,23,26). The van der Waals surface area contributed by atoms with Crippen molar-refractivity contribution in [3.05, 3.63) is 58.0 Å². The van der Waals surface area contributed by atoms with Crippen LogP contribution in [0.3, 0.4) is 0 Å². The summed E-state index contributed by atoms with van der Waals surface area (Å²) in [5, 5.41) is 6.02. The van der Waals surface area contributed by atoms with Crippen LogP contribution in [0.25, 0.3) is 0 Å². The van der Waals surface area contributed by atoms with Crippen LogP contribution in [0.5, 0.6) is 0 Å². The first kappa shape index (κ1) is 19.6. The van der Waals surface area contributed by atoms with Crippen LogP contribution in [0.2, 0.25) is 0 Å². The highest BCUT2D eigenvalue weighted by Crippen LogP contribution is 2.24. The van der Waals surface area contributed by atoms with Gasteiger partial charge in [0.05, 0.1) is 11.8 Å². The summed E-state index contributed by atoms with van der Waals surface area (Å²) in [4.78, 5) is 38.7. The van der Waals surface area contributed by atoms with Crippen LogP contribution in [0, 0.1) is 0 Å². The minimum absolute atomic E-state index is 0.0235. The molecule has 0 unspecified atom stereocenters. The third-order valence-corrected chi connectivity index (χ3v) is 4.98. The van der Waals surface area contributed by atoms with Gasteiger partial charge in [0.15, 0.2) is 0 Å². The van der Waals surface area contributed by atoms with Gasteiger partial charge in [-0.25, -0.2) is 0 Å². The maximum absolute atomic E-state index is 12.7. The number of methoxy groups -OCH3 is 1. The Morgan fingerprint density at radius 3 is 2.39 bits per heavy atom. The molecular formula is C20H24N4O4. The van der Waals surface area contributed by atoms with Crippen molar-refractivity contribution in [1.29, 1.82) is 0 Å². The second-order valence-electron chi connectivity index (χ2n) is 6.84. The van der Waals surface area contributed by atoms with Gasteiger partial charge in [0.2, 0.25) is 5.91 Å². The quantitative estimate of drug-likeness (QED) is 0.607. The topological polar surface area (TPSA) is 126 Å². The maximum atomic E-state index is 12.7. The lowest BCUT2D eigenvalue weighted by molar-refractivity contribution is 0.0681. The van der Waals surface area contributed by atoms with E-state index in [9.17, 15) is 14.4 Å². The SMILES string of the molecule is COC1CCC(Nc2cc[nH]c(=O)c2C(=O)Nc2ccc(C(N)=O)cc2)CC1. The zero-order chi connectivity index (χ0) is 20.1.